The second kappa shape index (κ2) is 10.1. The predicted molar refractivity (Wildman–Crippen MR) is 150 cm³/mol. The predicted octanol–water partition coefficient (Wildman–Crippen LogP) is 5.73. The maximum atomic E-state index is 13.5. The average Bonchev–Trinajstić information content (AvgIpc) is 2.81. The van der Waals surface area contributed by atoms with E-state index >= 15 is 0 Å². The van der Waals surface area contributed by atoms with Crippen molar-refractivity contribution in [3.05, 3.63) is 58.7 Å². The number of nitrogens with zero attached hydrogens (tertiary/aromatic N) is 2. The van der Waals surface area contributed by atoms with Crippen molar-refractivity contribution >= 4 is 46.6 Å². The average molecular weight is 506 g/mol. The van der Waals surface area contributed by atoms with Gasteiger partial charge in [-0.2, -0.15) is 0 Å². The van der Waals surface area contributed by atoms with E-state index < -0.39 is 11.8 Å². The molecular weight excluding hydrogens is 470 g/mol. The molecule has 1 atom stereocenters. The van der Waals surface area contributed by atoms with Crippen LogP contribution in [0.25, 0.3) is 6.08 Å². The van der Waals surface area contributed by atoms with E-state index in [1.54, 1.807) is 30.3 Å². The molecule has 36 heavy (non-hydrogen) atoms. The van der Waals surface area contributed by atoms with Crippen molar-refractivity contribution in [1.82, 2.24) is 5.32 Å². The molecule has 1 unspecified atom stereocenters. The molecule has 0 aromatic heterocycles. The van der Waals surface area contributed by atoms with Gasteiger partial charge < -0.3 is 9.64 Å². The number of benzene rings is 2. The zero-order chi connectivity index (χ0) is 26.2. The second-order valence-corrected chi connectivity index (χ2v) is 10.6. The summed E-state index contributed by atoms with van der Waals surface area (Å²) in [5, 5.41) is 2.75. The van der Waals surface area contributed by atoms with Gasteiger partial charge in [0.25, 0.3) is 11.8 Å². The number of hydrogen-bond acceptors (Lipinski definition) is 5. The summed E-state index contributed by atoms with van der Waals surface area (Å²) in [4.78, 5) is 30.3. The summed E-state index contributed by atoms with van der Waals surface area (Å²) in [5.74, 6) is 0.151. The van der Waals surface area contributed by atoms with Crippen LogP contribution in [-0.4, -0.2) is 35.6 Å². The Kier molecular flexibility index (Phi) is 7.23. The van der Waals surface area contributed by atoms with Crippen LogP contribution in [0.15, 0.2) is 42.0 Å². The topological polar surface area (TPSA) is 61.9 Å². The fraction of sp³-hybridized carbons (Fsp3) is 0.414. The highest BCUT2D eigenvalue weighted by Gasteiger charge is 2.37. The largest absolute Gasteiger partial charge is 0.494 e. The van der Waals surface area contributed by atoms with Gasteiger partial charge in [0.1, 0.15) is 11.3 Å². The molecular formula is C29H35N3O3S. The highest BCUT2D eigenvalue weighted by atomic mass is 32.1. The van der Waals surface area contributed by atoms with Gasteiger partial charge in [0.05, 0.1) is 12.3 Å². The Morgan fingerprint density at radius 2 is 1.86 bits per heavy atom. The zero-order valence-corrected chi connectivity index (χ0v) is 22.8. The highest BCUT2D eigenvalue weighted by Crippen LogP contribution is 2.44. The lowest BCUT2D eigenvalue weighted by Crippen LogP contribution is -2.54. The summed E-state index contributed by atoms with van der Waals surface area (Å²) in [6.07, 6.45) is 3.81. The summed E-state index contributed by atoms with van der Waals surface area (Å²) in [5.41, 5.74) is 5.10. The van der Waals surface area contributed by atoms with Crippen molar-refractivity contribution in [2.24, 2.45) is 0 Å². The minimum atomic E-state index is -0.480. The summed E-state index contributed by atoms with van der Waals surface area (Å²) in [7, 11) is 0. The normalized spacial score (nSPS) is 20.4. The van der Waals surface area contributed by atoms with Gasteiger partial charge in [0, 0.05) is 17.8 Å². The summed E-state index contributed by atoms with van der Waals surface area (Å²) in [6.45, 7) is 14.5. The van der Waals surface area contributed by atoms with E-state index in [1.165, 1.54) is 16.2 Å². The number of thiocarbonyl (C=S) groups is 1. The Morgan fingerprint density at radius 3 is 2.50 bits per heavy atom. The number of nitrogens with one attached hydrogen (secondary N) is 1. The molecule has 2 aromatic carbocycles. The monoisotopic (exact) mass is 505 g/mol. The standard InChI is InChI=1S/C29H35N3O3S/c1-7-13-31-25-14-18(3)20(15-23(25)19(4)17-29(31,5)6)16-24-26(33)30-28(36)32(27(24)34)21-9-11-22(12-10-21)35-8-2/h9-12,14-16,19H,7-8,13,17H2,1-6H3,(H,30,33,36)/b24-16-. The molecule has 2 aliphatic heterocycles. The van der Waals surface area contributed by atoms with Crippen LogP contribution in [0.1, 0.15) is 70.1 Å². The van der Waals surface area contributed by atoms with Gasteiger partial charge in [0.15, 0.2) is 5.11 Å². The Labute approximate surface area is 219 Å². The Hall–Kier alpha value is -3.19. The van der Waals surface area contributed by atoms with Crippen molar-refractivity contribution in [2.75, 3.05) is 23.0 Å². The molecule has 2 heterocycles. The van der Waals surface area contributed by atoms with Gasteiger partial charge in [-0.05, 0) is 118 Å². The molecule has 7 heteroatoms. The Bertz CT molecular complexity index is 1230. The van der Waals surface area contributed by atoms with Crippen LogP contribution in [0.3, 0.4) is 0 Å². The van der Waals surface area contributed by atoms with Crippen LogP contribution < -0.4 is 19.9 Å². The summed E-state index contributed by atoms with van der Waals surface area (Å²) < 4.78 is 5.50. The van der Waals surface area contributed by atoms with Crippen molar-refractivity contribution in [1.29, 1.82) is 0 Å². The molecule has 4 rings (SSSR count). The minimum absolute atomic E-state index is 0.0646. The van der Waals surface area contributed by atoms with Crippen LogP contribution in [-0.2, 0) is 9.59 Å². The highest BCUT2D eigenvalue weighted by molar-refractivity contribution is 7.80. The quantitative estimate of drug-likeness (QED) is 0.309. The van der Waals surface area contributed by atoms with Crippen molar-refractivity contribution in [3.63, 3.8) is 0 Å². The summed E-state index contributed by atoms with van der Waals surface area (Å²) >= 11 is 5.35. The fourth-order valence-electron chi connectivity index (χ4n) is 5.36. The molecule has 2 amide bonds. The first-order valence-corrected chi connectivity index (χ1v) is 13.0. The summed E-state index contributed by atoms with van der Waals surface area (Å²) in [6, 6.07) is 11.4. The first-order chi connectivity index (χ1) is 17.1. The van der Waals surface area contributed by atoms with Crippen molar-refractivity contribution in [3.8, 4) is 5.75 Å². The first-order valence-electron chi connectivity index (χ1n) is 12.6. The van der Waals surface area contributed by atoms with Crippen LogP contribution in [0, 0.1) is 6.92 Å². The molecule has 6 nitrogen and oxygen atoms in total. The molecule has 2 aromatic rings. The van der Waals surface area contributed by atoms with Crippen LogP contribution >= 0.6 is 12.2 Å². The maximum absolute atomic E-state index is 13.5. The maximum Gasteiger partial charge on any atom is 0.270 e. The molecule has 1 N–H and O–H groups in total. The third-order valence-electron chi connectivity index (χ3n) is 7.03. The SMILES string of the molecule is CCCN1c2cc(C)c(/C=C3/C(=O)NC(=S)N(c4ccc(OCC)cc4)C3=O)cc2C(C)CC1(C)C. The lowest BCUT2D eigenvalue weighted by molar-refractivity contribution is -0.122. The van der Waals surface area contributed by atoms with Crippen LogP contribution in [0.2, 0.25) is 0 Å². The molecule has 0 saturated carbocycles. The van der Waals surface area contributed by atoms with Gasteiger partial charge in [-0.3, -0.25) is 19.8 Å². The smallest absolute Gasteiger partial charge is 0.270 e. The number of aryl methyl sites for hydroxylation is 1. The number of amides is 2. The van der Waals surface area contributed by atoms with E-state index in [0.29, 0.717) is 24.0 Å². The number of hydrogen-bond donors (Lipinski definition) is 1. The van der Waals surface area contributed by atoms with Crippen LogP contribution in [0.4, 0.5) is 11.4 Å². The van der Waals surface area contributed by atoms with Gasteiger partial charge in [-0.15, -0.1) is 0 Å². The van der Waals surface area contributed by atoms with Gasteiger partial charge in [0.2, 0.25) is 0 Å². The second-order valence-electron chi connectivity index (χ2n) is 10.2. The zero-order valence-electron chi connectivity index (χ0n) is 22.0. The third kappa shape index (κ3) is 4.76. The molecule has 0 spiro atoms. The van der Waals surface area contributed by atoms with Gasteiger partial charge in [-0.1, -0.05) is 13.8 Å². The molecule has 0 bridgehead atoms. The van der Waals surface area contributed by atoms with Crippen LogP contribution in [0.5, 0.6) is 5.75 Å². The Balaban J connectivity index is 1.73. The molecule has 1 saturated heterocycles. The molecule has 0 aliphatic carbocycles. The number of ether oxygens (including phenoxy) is 1. The fourth-order valence-corrected chi connectivity index (χ4v) is 5.64. The number of anilines is 2. The van der Waals surface area contributed by atoms with Crippen molar-refractivity contribution < 1.29 is 14.3 Å². The van der Waals surface area contributed by atoms with E-state index in [0.717, 1.165) is 30.5 Å². The van der Waals surface area contributed by atoms with Crippen molar-refractivity contribution in [2.45, 2.75) is 65.8 Å². The van der Waals surface area contributed by atoms with Gasteiger partial charge in [-0.25, -0.2) is 0 Å². The van der Waals surface area contributed by atoms with E-state index in [4.69, 9.17) is 17.0 Å². The number of carbonyl (C=O) groups is 2. The molecule has 190 valence electrons. The van der Waals surface area contributed by atoms with E-state index in [1.807, 2.05) is 13.8 Å². The lowest BCUT2D eigenvalue weighted by Gasteiger charge is -2.48. The number of rotatable bonds is 6. The number of carbonyl (C=O) groups excluding carboxylic acids is 2. The number of fused-ring (bicyclic) bond motifs is 1. The van der Waals surface area contributed by atoms with Gasteiger partial charge >= 0.3 is 0 Å². The van der Waals surface area contributed by atoms with E-state index in [9.17, 15) is 9.59 Å². The Morgan fingerprint density at radius 1 is 1.17 bits per heavy atom. The minimum Gasteiger partial charge on any atom is -0.494 e. The molecule has 1 fully saturated rings. The molecule has 0 radical (unpaired) electrons. The lowest BCUT2D eigenvalue weighted by atomic mass is 9.78. The van der Waals surface area contributed by atoms with E-state index in [2.05, 4.69) is 50.0 Å². The van der Waals surface area contributed by atoms with E-state index in [-0.39, 0.29) is 16.2 Å². The first kappa shape index (κ1) is 25.9. The third-order valence-corrected chi connectivity index (χ3v) is 7.31. The molecule has 2 aliphatic rings.